The van der Waals surface area contributed by atoms with Crippen LogP contribution < -0.4 is 0 Å². The highest BCUT2D eigenvalue weighted by Crippen LogP contribution is 2.12. The van der Waals surface area contributed by atoms with Crippen LogP contribution in [0, 0.1) is 0 Å². The van der Waals surface area contributed by atoms with E-state index in [-0.39, 0.29) is 6.10 Å². The van der Waals surface area contributed by atoms with Crippen molar-refractivity contribution in [3.8, 4) is 0 Å². The van der Waals surface area contributed by atoms with Crippen LogP contribution in [-0.2, 0) is 0 Å². The molecule has 1 aromatic rings. The molecule has 1 rings (SSSR count). The van der Waals surface area contributed by atoms with Crippen LogP contribution >= 0.6 is 0 Å². The fourth-order valence-corrected chi connectivity index (χ4v) is 1.16. The molecular weight excluding hydrogens is 148 g/mol. The predicted molar refractivity (Wildman–Crippen MR) is 51.8 cm³/mol. The number of aliphatic hydroxyl groups excluding tert-OH is 1. The van der Waals surface area contributed by atoms with Crippen LogP contribution in [0.5, 0.6) is 0 Å². The Morgan fingerprint density at radius 2 is 1.92 bits per heavy atom. The average molecular weight is 162 g/mol. The van der Waals surface area contributed by atoms with Gasteiger partial charge in [-0.3, -0.25) is 0 Å². The van der Waals surface area contributed by atoms with Gasteiger partial charge in [0.15, 0.2) is 0 Å². The van der Waals surface area contributed by atoms with Crippen LogP contribution in [0.2, 0.25) is 0 Å². The van der Waals surface area contributed by atoms with E-state index < -0.39 is 0 Å². The Kier molecular flexibility index (Phi) is 3.06. The van der Waals surface area contributed by atoms with Gasteiger partial charge in [-0.25, -0.2) is 0 Å². The van der Waals surface area contributed by atoms with Gasteiger partial charge in [0.2, 0.25) is 0 Å². The third kappa shape index (κ3) is 2.51. The Labute approximate surface area is 73.4 Å². The molecule has 1 N–H and O–H groups in total. The molecule has 0 aromatic heterocycles. The maximum absolute atomic E-state index is 9.11. The average Bonchev–Trinajstić information content (AvgIpc) is 2.05. The van der Waals surface area contributed by atoms with Gasteiger partial charge in [-0.2, -0.15) is 0 Å². The van der Waals surface area contributed by atoms with E-state index in [9.17, 15) is 0 Å². The number of allylic oxidation sites excluding steroid dienone is 1. The molecule has 0 aliphatic rings. The summed E-state index contributed by atoms with van der Waals surface area (Å²) >= 11 is 0. The van der Waals surface area contributed by atoms with E-state index in [0.717, 1.165) is 5.57 Å². The van der Waals surface area contributed by atoms with Gasteiger partial charge in [-0.15, -0.1) is 0 Å². The minimum atomic E-state index is -0.370. The van der Waals surface area contributed by atoms with Crippen LogP contribution in [0.1, 0.15) is 19.4 Å². The highest BCUT2D eigenvalue weighted by Gasteiger charge is 1.95. The van der Waals surface area contributed by atoms with Crippen molar-refractivity contribution in [1.29, 1.82) is 0 Å². The van der Waals surface area contributed by atoms with Gasteiger partial charge < -0.3 is 5.11 Å². The van der Waals surface area contributed by atoms with E-state index >= 15 is 0 Å². The summed E-state index contributed by atoms with van der Waals surface area (Å²) in [5.41, 5.74) is 2.28. The Morgan fingerprint density at radius 3 is 2.42 bits per heavy atom. The largest absolute Gasteiger partial charge is 0.389 e. The molecule has 0 saturated carbocycles. The molecule has 1 heteroatoms. The maximum Gasteiger partial charge on any atom is 0.0698 e. The fourth-order valence-electron chi connectivity index (χ4n) is 1.16. The second-order valence-corrected chi connectivity index (χ2v) is 2.96. The van der Waals surface area contributed by atoms with Crippen molar-refractivity contribution in [2.75, 3.05) is 0 Å². The van der Waals surface area contributed by atoms with E-state index in [1.54, 1.807) is 6.92 Å². The summed E-state index contributed by atoms with van der Waals surface area (Å²) in [5.74, 6) is 0. The molecule has 0 heterocycles. The summed E-state index contributed by atoms with van der Waals surface area (Å²) in [7, 11) is 0. The summed E-state index contributed by atoms with van der Waals surface area (Å²) in [4.78, 5) is 0. The van der Waals surface area contributed by atoms with Crippen molar-refractivity contribution in [3.63, 3.8) is 0 Å². The van der Waals surface area contributed by atoms with Crippen LogP contribution in [-0.4, -0.2) is 11.2 Å². The summed E-state index contributed by atoms with van der Waals surface area (Å²) in [5, 5.41) is 9.11. The van der Waals surface area contributed by atoms with Crippen LogP contribution in [0.3, 0.4) is 0 Å². The van der Waals surface area contributed by atoms with Crippen LogP contribution in [0.25, 0.3) is 5.57 Å². The first-order valence-electron chi connectivity index (χ1n) is 4.12. The molecule has 12 heavy (non-hydrogen) atoms. The van der Waals surface area contributed by atoms with Gasteiger partial charge in [0, 0.05) is 0 Å². The first-order chi connectivity index (χ1) is 5.70. The van der Waals surface area contributed by atoms with Crippen molar-refractivity contribution in [3.05, 3.63) is 42.0 Å². The lowest BCUT2D eigenvalue weighted by atomic mass is 10.1. The number of hydrogen-bond donors (Lipinski definition) is 1. The van der Waals surface area contributed by atoms with E-state index in [0.29, 0.717) is 0 Å². The Morgan fingerprint density at radius 1 is 1.33 bits per heavy atom. The molecule has 64 valence electrons. The normalized spacial score (nSPS) is 14.4. The molecule has 1 unspecified atom stereocenters. The zero-order valence-corrected chi connectivity index (χ0v) is 7.49. The van der Waals surface area contributed by atoms with E-state index in [1.807, 2.05) is 43.3 Å². The lowest BCUT2D eigenvalue weighted by Gasteiger charge is -2.02. The molecule has 1 atom stereocenters. The summed E-state index contributed by atoms with van der Waals surface area (Å²) in [6, 6.07) is 10.0. The second-order valence-electron chi connectivity index (χ2n) is 2.96. The third-order valence-corrected chi connectivity index (χ3v) is 1.72. The molecule has 0 saturated heterocycles. The third-order valence-electron chi connectivity index (χ3n) is 1.72. The van der Waals surface area contributed by atoms with Gasteiger partial charge in [-0.05, 0) is 25.0 Å². The highest BCUT2D eigenvalue weighted by atomic mass is 16.3. The molecule has 0 radical (unpaired) electrons. The molecule has 0 bridgehead atoms. The number of hydrogen-bond acceptors (Lipinski definition) is 1. The Hall–Kier alpha value is -1.08. The SMILES string of the molecule is C/C(=C/C(C)O)c1ccccc1. The summed E-state index contributed by atoms with van der Waals surface area (Å²) in [6.45, 7) is 3.76. The van der Waals surface area contributed by atoms with Crippen molar-refractivity contribution < 1.29 is 5.11 Å². The lowest BCUT2D eigenvalue weighted by molar-refractivity contribution is 0.244. The lowest BCUT2D eigenvalue weighted by Crippen LogP contribution is -1.94. The van der Waals surface area contributed by atoms with Gasteiger partial charge in [0.05, 0.1) is 6.10 Å². The zero-order chi connectivity index (χ0) is 8.97. The van der Waals surface area contributed by atoms with Crippen molar-refractivity contribution in [2.24, 2.45) is 0 Å². The fraction of sp³-hybridized carbons (Fsp3) is 0.273. The maximum atomic E-state index is 9.11. The Bertz CT molecular complexity index is 260. The molecule has 1 nitrogen and oxygen atoms in total. The van der Waals surface area contributed by atoms with E-state index in [2.05, 4.69) is 0 Å². The molecule has 0 fully saturated rings. The topological polar surface area (TPSA) is 20.2 Å². The van der Waals surface area contributed by atoms with Crippen molar-refractivity contribution >= 4 is 5.57 Å². The molecule has 0 spiro atoms. The summed E-state index contributed by atoms with van der Waals surface area (Å²) < 4.78 is 0. The monoisotopic (exact) mass is 162 g/mol. The quantitative estimate of drug-likeness (QED) is 0.708. The second kappa shape index (κ2) is 4.07. The first kappa shape index (κ1) is 9.01. The highest BCUT2D eigenvalue weighted by molar-refractivity contribution is 5.63. The van der Waals surface area contributed by atoms with Gasteiger partial charge >= 0.3 is 0 Å². The zero-order valence-electron chi connectivity index (χ0n) is 7.49. The van der Waals surface area contributed by atoms with Gasteiger partial charge in [0.25, 0.3) is 0 Å². The van der Waals surface area contributed by atoms with Crippen molar-refractivity contribution in [2.45, 2.75) is 20.0 Å². The molecule has 0 aliphatic heterocycles. The molecule has 1 aromatic carbocycles. The number of rotatable bonds is 2. The predicted octanol–water partition coefficient (Wildman–Crippen LogP) is 2.47. The van der Waals surface area contributed by atoms with Crippen LogP contribution in [0.15, 0.2) is 36.4 Å². The molecule has 0 aliphatic carbocycles. The molecular formula is C11H14O. The number of benzene rings is 1. The van der Waals surface area contributed by atoms with Crippen LogP contribution in [0.4, 0.5) is 0 Å². The standard InChI is InChI=1S/C11H14O/c1-9(8-10(2)12)11-6-4-3-5-7-11/h3-8,10,12H,1-2H3/b9-8-. The smallest absolute Gasteiger partial charge is 0.0698 e. The first-order valence-corrected chi connectivity index (χ1v) is 4.12. The van der Waals surface area contributed by atoms with E-state index in [1.165, 1.54) is 5.56 Å². The summed E-state index contributed by atoms with van der Waals surface area (Å²) in [6.07, 6.45) is 1.47. The van der Waals surface area contributed by atoms with Gasteiger partial charge in [0.1, 0.15) is 0 Å². The van der Waals surface area contributed by atoms with E-state index in [4.69, 9.17) is 5.11 Å². The van der Waals surface area contributed by atoms with Crippen molar-refractivity contribution in [1.82, 2.24) is 0 Å². The molecule has 0 amide bonds. The minimum Gasteiger partial charge on any atom is -0.389 e. The minimum absolute atomic E-state index is 0.370. The van der Waals surface area contributed by atoms with Gasteiger partial charge in [-0.1, -0.05) is 36.4 Å². The number of aliphatic hydroxyl groups is 1. The Balaban J connectivity index is 2.85.